The minimum Gasteiger partial charge on any atom is -0.376 e. The fraction of sp³-hybridized carbons (Fsp3) is 0.143. The molecule has 0 heterocycles. The SMILES string of the molecule is NCC(Nc1ccccc1Cl)c1cccc(F)c1. The minimum absolute atomic E-state index is 0.166. The van der Waals surface area contributed by atoms with E-state index >= 15 is 0 Å². The van der Waals surface area contributed by atoms with E-state index in [1.165, 1.54) is 12.1 Å². The van der Waals surface area contributed by atoms with Gasteiger partial charge in [0.25, 0.3) is 0 Å². The molecule has 0 aliphatic rings. The van der Waals surface area contributed by atoms with Gasteiger partial charge in [-0.05, 0) is 29.8 Å². The molecule has 94 valence electrons. The fourth-order valence-electron chi connectivity index (χ4n) is 1.77. The van der Waals surface area contributed by atoms with Crippen molar-refractivity contribution in [1.29, 1.82) is 0 Å². The van der Waals surface area contributed by atoms with Gasteiger partial charge in [0.2, 0.25) is 0 Å². The lowest BCUT2D eigenvalue weighted by atomic mass is 10.1. The molecule has 1 atom stereocenters. The molecule has 2 aromatic rings. The maximum atomic E-state index is 13.2. The second kappa shape index (κ2) is 5.85. The van der Waals surface area contributed by atoms with Crippen molar-refractivity contribution in [3.05, 3.63) is 64.9 Å². The van der Waals surface area contributed by atoms with Crippen molar-refractivity contribution in [1.82, 2.24) is 0 Å². The van der Waals surface area contributed by atoms with Crippen LogP contribution in [0.4, 0.5) is 10.1 Å². The van der Waals surface area contributed by atoms with Crippen molar-refractivity contribution < 1.29 is 4.39 Å². The lowest BCUT2D eigenvalue weighted by Crippen LogP contribution is -2.20. The van der Waals surface area contributed by atoms with Crippen molar-refractivity contribution in [2.24, 2.45) is 5.73 Å². The normalized spacial score (nSPS) is 12.2. The summed E-state index contributed by atoms with van der Waals surface area (Å²) in [6, 6.07) is 13.6. The summed E-state index contributed by atoms with van der Waals surface area (Å²) in [7, 11) is 0. The Balaban J connectivity index is 2.23. The van der Waals surface area contributed by atoms with E-state index < -0.39 is 0 Å². The number of hydrogen-bond donors (Lipinski definition) is 2. The van der Waals surface area contributed by atoms with Gasteiger partial charge in [-0.3, -0.25) is 0 Å². The summed E-state index contributed by atoms with van der Waals surface area (Å²) in [5.74, 6) is -0.271. The van der Waals surface area contributed by atoms with E-state index in [9.17, 15) is 4.39 Å². The molecule has 1 unspecified atom stereocenters. The van der Waals surface area contributed by atoms with Gasteiger partial charge in [0, 0.05) is 6.54 Å². The standard InChI is InChI=1S/C14H14ClFN2/c15-12-6-1-2-7-13(12)18-14(9-17)10-4-3-5-11(16)8-10/h1-8,14,18H,9,17H2. The highest BCUT2D eigenvalue weighted by Gasteiger charge is 2.11. The topological polar surface area (TPSA) is 38.0 Å². The molecule has 0 bridgehead atoms. The largest absolute Gasteiger partial charge is 0.376 e. The maximum Gasteiger partial charge on any atom is 0.123 e. The van der Waals surface area contributed by atoms with Gasteiger partial charge >= 0.3 is 0 Å². The summed E-state index contributed by atoms with van der Waals surface area (Å²) >= 11 is 6.07. The van der Waals surface area contributed by atoms with Crippen molar-refractivity contribution >= 4 is 17.3 Å². The third-order valence-corrected chi connectivity index (χ3v) is 3.02. The predicted molar refractivity (Wildman–Crippen MR) is 73.3 cm³/mol. The van der Waals surface area contributed by atoms with Crippen molar-refractivity contribution in [3.8, 4) is 0 Å². The van der Waals surface area contributed by atoms with Gasteiger partial charge in [0.1, 0.15) is 5.82 Å². The molecule has 0 amide bonds. The fourth-order valence-corrected chi connectivity index (χ4v) is 1.96. The molecule has 0 spiro atoms. The third-order valence-electron chi connectivity index (χ3n) is 2.69. The molecule has 18 heavy (non-hydrogen) atoms. The number of hydrogen-bond acceptors (Lipinski definition) is 2. The number of para-hydroxylation sites is 1. The smallest absolute Gasteiger partial charge is 0.123 e. The van der Waals surface area contributed by atoms with E-state index in [4.69, 9.17) is 17.3 Å². The number of halogens is 2. The van der Waals surface area contributed by atoms with Crippen LogP contribution in [0.1, 0.15) is 11.6 Å². The molecule has 3 N–H and O–H groups in total. The van der Waals surface area contributed by atoms with Gasteiger partial charge in [-0.2, -0.15) is 0 Å². The van der Waals surface area contributed by atoms with Gasteiger partial charge < -0.3 is 11.1 Å². The first-order chi connectivity index (χ1) is 8.70. The van der Waals surface area contributed by atoms with Crippen LogP contribution in [0, 0.1) is 5.82 Å². The highest BCUT2D eigenvalue weighted by atomic mass is 35.5. The molecule has 0 aliphatic heterocycles. The molecule has 0 fully saturated rings. The molecule has 2 rings (SSSR count). The lowest BCUT2D eigenvalue weighted by molar-refractivity contribution is 0.622. The van der Waals surface area contributed by atoms with E-state index in [2.05, 4.69) is 5.32 Å². The third kappa shape index (κ3) is 3.00. The Kier molecular flexibility index (Phi) is 4.18. The van der Waals surface area contributed by atoms with E-state index in [1.807, 2.05) is 24.3 Å². The van der Waals surface area contributed by atoms with Crippen LogP contribution >= 0.6 is 11.6 Å². The summed E-state index contributed by atoms with van der Waals surface area (Å²) in [5, 5.41) is 3.83. The Morgan fingerprint density at radius 3 is 2.61 bits per heavy atom. The Bertz CT molecular complexity index is 531. The van der Waals surface area contributed by atoms with E-state index in [0.29, 0.717) is 11.6 Å². The molecular weight excluding hydrogens is 251 g/mol. The van der Waals surface area contributed by atoms with Crippen molar-refractivity contribution in [2.75, 3.05) is 11.9 Å². The van der Waals surface area contributed by atoms with Crippen LogP contribution in [0.5, 0.6) is 0 Å². The molecule has 0 saturated heterocycles. The average molecular weight is 265 g/mol. The molecule has 2 aromatic carbocycles. The van der Waals surface area contributed by atoms with Gasteiger partial charge in [-0.1, -0.05) is 35.9 Å². The van der Waals surface area contributed by atoms with Gasteiger partial charge in [0.15, 0.2) is 0 Å². The molecule has 0 aliphatic carbocycles. The van der Waals surface area contributed by atoms with Crippen LogP contribution in [-0.2, 0) is 0 Å². The molecule has 0 aromatic heterocycles. The second-order valence-corrected chi connectivity index (χ2v) is 4.37. The number of rotatable bonds is 4. The number of nitrogens with two attached hydrogens (primary N) is 1. The van der Waals surface area contributed by atoms with Gasteiger partial charge in [-0.25, -0.2) is 4.39 Å². The zero-order chi connectivity index (χ0) is 13.0. The summed E-state index contributed by atoms with van der Waals surface area (Å²) in [4.78, 5) is 0. The van der Waals surface area contributed by atoms with Crippen molar-refractivity contribution in [2.45, 2.75) is 6.04 Å². The van der Waals surface area contributed by atoms with Gasteiger partial charge in [-0.15, -0.1) is 0 Å². The van der Waals surface area contributed by atoms with Crippen LogP contribution in [-0.4, -0.2) is 6.54 Å². The Morgan fingerprint density at radius 1 is 1.17 bits per heavy atom. The van der Waals surface area contributed by atoms with E-state index in [0.717, 1.165) is 11.3 Å². The zero-order valence-corrected chi connectivity index (χ0v) is 10.5. The highest BCUT2D eigenvalue weighted by Crippen LogP contribution is 2.25. The van der Waals surface area contributed by atoms with E-state index in [-0.39, 0.29) is 11.9 Å². The van der Waals surface area contributed by atoms with Crippen molar-refractivity contribution in [3.63, 3.8) is 0 Å². The molecule has 0 radical (unpaired) electrons. The predicted octanol–water partition coefficient (Wildman–Crippen LogP) is 3.59. The quantitative estimate of drug-likeness (QED) is 0.886. The number of anilines is 1. The van der Waals surface area contributed by atoms with Crippen LogP contribution in [0.15, 0.2) is 48.5 Å². The monoisotopic (exact) mass is 264 g/mol. The molecular formula is C14H14ClFN2. The molecule has 4 heteroatoms. The number of benzene rings is 2. The first-order valence-corrected chi connectivity index (χ1v) is 6.05. The van der Waals surface area contributed by atoms with Crippen LogP contribution in [0.3, 0.4) is 0 Å². The summed E-state index contributed by atoms with van der Waals surface area (Å²) in [6.07, 6.45) is 0. The molecule has 2 nitrogen and oxygen atoms in total. The first-order valence-electron chi connectivity index (χ1n) is 5.67. The Labute approximate surface area is 111 Å². The second-order valence-electron chi connectivity index (χ2n) is 3.97. The van der Waals surface area contributed by atoms with Gasteiger partial charge in [0.05, 0.1) is 16.8 Å². The lowest BCUT2D eigenvalue weighted by Gasteiger charge is -2.19. The van der Waals surface area contributed by atoms with E-state index in [1.54, 1.807) is 12.1 Å². The summed E-state index contributed by atoms with van der Waals surface area (Å²) in [6.45, 7) is 0.356. The van der Waals surface area contributed by atoms with Crippen LogP contribution in [0.25, 0.3) is 0 Å². The zero-order valence-electron chi connectivity index (χ0n) is 9.74. The highest BCUT2D eigenvalue weighted by molar-refractivity contribution is 6.33. The minimum atomic E-state index is -0.271. The Hall–Kier alpha value is -1.58. The maximum absolute atomic E-state index is 13.2. The van der Waals surface area contributed by atoms with Crippen LogP contribution in [0.2, 0.25) is 5.02 Å². The van der Waals surface area contributed by atoms with Crippen LogP contribution < -0.4 is 11.1 Å². The number of nitrogens with one attached hydrogen (secondary N) is 1. The average Bonchev–Trinajstić information content (AvgIpc) is 2.38. The first kappa shape index (κ1) is 12.9. The summed E-state index contributed by atoms with van der Waals surface area (Å²) in [5.41, 5.74) is 7.32. The summed E-state index contributed by atoms with van der Waals surface area (Å²) < 4.78 is 13.2. The molecule has 0 saturated carbocycles. The Morgan fingerprint density at radius 2 is 1.94 bits per heavy atom.